The van der Waals surface area contributed by atoms with E-state index in [1.54, 1.807) is 36.4 Å². The average Bonchev–Trinajstić information content (AvgIpc) is 3.13. The summed E-state index contributed by atoms with van der Waals surface area (Å²) in [6.07, 6.45) is -2.24. The molecular weight excluding hydrogens is 446 g/mol. The van der Waals surface area contributed by atoms with Crippen LogP contribution in [0.15, 0.2) is 65.6 Å². The van der Waals surface area contributed by atoms with Crippen molar-refractivity contribution in [3.63, 3.8) is 0 Å². The molecule has 1 heterocycles. The van der Waals surface area contributed by atoms with E-state index in [1.807, 2.05) is 0 Å². The molecule has 0 radical (unpaired) electrons. The molecule has 10 heteroatoms. The van der Waals surface area contributed by atoms with E-state index in [4.69, 9.17) is 5.14 Å². The van der Waals surface area contributed by atoms with Gasteiger partial charge in [0, 0.05) is 11.1 Å². The van der Waals surface area contributed by atoms with Gasteiger partial charge in [-0.3, -0.25) is 0 Å². The SMILES string of the molecule is NS(=O)(=O)c1ccccc1-c1ccc2nc(/C=C/c3cccc(C(F)(F)F)c3F)[nH]c2c1. The highest BCUT2D eigenvalue weighted by Gasteiger charge is 2.34. The maximum absolute atomic E-state index is 14.2. The highest BCUT2D eigenvalue weighted by atomic mass is 32.2. The van der Waals surface area contributed by atoms with E-state index in [0.29, 0.717) is 28.2 Å². The van der Waals surface area contributed by atoms with Crippen LogP contribution in [0.4, 0.5) is 17.6 Å². The summed E-state index contributed by atoms with van der Waals surface area (Å²) in [5, 5.41) is 5.30. The highest BCUT2D eigenvalue weighted by molar-refractivity contribution is 7.89. The summed E-state index contributed by atoms with van der Waals surface area (Å²) in [4.78, 5) is 7.25. The summed E-state index contributed by atoms with van der Waals surface area (Å²) in [6, 6.07) is 14.3. The zero-order valence-corrected chi connectivity index (χ0v) is 17.0. The molecule has 0 bridgehead atoms. The third kappa shape index (κ3) is 4.27. The van der Waals surface area contributed by atoms with Crippen molar-refractivity contribution in [2.24, 2.45) is 5.14 Å². The minimum atomic E-state index is -4.79. The molecule has 0 aliphatic rings. The van der Waals surface area contributed by atoms with Gasteiger partial charge in [0.15, 0.2) is 0 Å². The number of aromatic nitrogens is 2. The van der Waals surface area contributed by atoms with Gasteiger partial charge in [0.1, 0.15) is 11.6 Å². The lowest BCUT2D eigenvalue weighted by Gasteiger charge is -2.08. The smallest absolute Gasteiger partial charge is 0.338 e. The van der Waals surface area contributed by atoms with Crippen LogP contribution in [0.5, 0.6) is 0 Å². The number of alkyl halides is 3. The van der Waals surface area contributed by atoms with Crippen LogP contribution in [0.3, 0.4) is 0 Å². The number of fused-ring (bicyclic) bond motifs is 1. The second kappa shape index (κ2) is 7.88. The molecule has 0 unspecified atom stereocenters. The van der Waals surface area contributed by atoms with Crippen LogP contribution in [0.25, 0.3) is 34.3 Å². The number of nitrogens with two attached hydrogens (primary N) is 1. The molecule has 164 valence electrons. The van der Waals surface area contributed by atoms with Gasteiger partial charge in [-0.15, -0.1) is 0 Å². The first-order chi connectivity index (χ1) is 15.0. The van der Waals surface area contributed by atoms with Gasteiger partial charge in [-0.05, 0) is 42.0 Å². The second-order valence-corrected chi connectivity index (χ2v) is 8.46. The van der Waals surface area contributed by atoms with Gasteiger partial charge in [-0.2, -0.15) is 13.2 Å². The van der Waals surface area contributed by atoms with Gasteiger partial charge in [-0.25, -0.2) is 22.9 Å². The first-order valence-corrected chi connectivity index (χ1v) is 10.7. The number of halogens is 4. The van der Waals surface area contributed by atoms with Crippen molar-refractivity contribution in [3.8, 4) is 11.1 Å². The van der Waals surface area contributed by atoms with Gasteiger partial charge in [-0.1, -0.05) is 36.4 Å². The Morgan fingerprint density at radius 3 is 2.44 bits per heavy atom. The number of hydrogen-bond donors (Lipinski definition) is 2. The third-order valence-corrected chi connectivity index (χ3v) is 5.73. The van der Waals surface area contributed by atoms with E-state index in [-0.39, 0.29) is 16.3 Å². The van der Waals surface area contributed by atoms with Crippen molar-refractivity contribution >= 4 is 33.2 Å². The zero-order valence-electron chi connectivity index (χ0n) is 16.2. The van der Waals surface area contributed by atoms with Gasteiger partial charge >= 0.3 is 6.18 Å². The monoisotopic (exact) mass is 461 g/mol. The van der Waals surface area contributed by atoms with E-state index in [0.717, 1.165) is 6.07 Å². The van der Waals surface area contributed by atoms with Crippen LogP contribution < -0.4 is 5.14 Å². The van der Waals surface area contributed by atoms with Gasteiger partial charge in [0.2, 0.25) is 10.0 Å². The van der Waals surface area contributed by atoms with E-state index in [2.05, 4.69) is 9.97 Å². The molecule has 0 saturated heterocycles. The van der Waals surface area contributed by atoms with Crippen molar-refractivity contribution < 1.29 is 26.0 Å². The Morgan fingerprint density at radius 1 is 0.969 bits per heavy atom. The van der Waals surface area contributed by atoms with Crippen LogP contribution >= 0.6 is 0 Å². The largest absolute Gasteiger partial charge is 0.419 e. The maximum atomic E-state index is 14.2. The van der Waals surface area contributed by atoms with Crippen LogP contribution in [-0.4, -0.2) is 18.4 Å². The standard InChI is InChI=1S/C22H15F4N3O2S/c23-21-13(4-3-6-16(21)22(24,25)26)9-11-20-28-17-10-8-14(12-18(17)29-20)15-5-1-2-7-19(15)32(27,30)31/h1-12H,(H,28,29)(H2,27,30,31)/b11-9+. The van der Waals surface area contributed by atoms with Crippen molar-refractivity contribution in [1.82, 2.24) is 9.97 Å². The molecule has 0 saturated carbocycles. The van der Waals surface area contributed by atoms with Crippen LogP contribution in [0.2, 0.25) is 0 Å². The predicted octanol–water partition coefficient (Wildman–Crippen LogP) is 5.21. The lowest BCUT2D eigenvalue weighted by molar-refractivity contribution is -0.140. The summed E-state index contributed by atoms with van der Waals surface area (Å²) < 4.78 is 76.6. The minimum Gasteiger partial charge on any atom is -0.338 e. The Bertz CT molecular complexity index is 1460. The van der Waals surface area contributed by atoms with Gasteiger partial charge in [0.05, 0.1) is 21.5 Å². The quantitative estimate of drug-likeness (QED) is 0.409. The van der Waals surface area contributed by atoms with Crippen LogP contribution in [-0.2, 0) is 16.2 Å². The van der Waals surface area contributed by atoms with Crippen LogP contribution in [0.1, 0.15) is 17.0 Å². The van der Waals surface area contributed by atoms with E-state index < -0.39 is 27.6 Å². The molecule has 4 aromatic rings. The molecule has 0 aliphatic heterocycles. The fraction of sp³-hybridized carbons (Fsp3) is 0.0455. The lowest BCUT2D eigenvalue weighted by Crippen LogP contribution is -2.13. The molecule has 0 aliphatic carbocycles. The van der Waals surface area contributed by atoms with Crippen LogP contribution in [0, 0.1) is 5.82 Å². The van der Waals surface area contributed by atoms with E-state index >= 15 is 0 Å². The molecule has 32 heavy (non-hydrogen) atoms. The topological polar surface area (TPSA) is 88.8 Å². The zero-order chi connectivity index (χ0) is 23.1. The van der Waals surface area contributed by atoms with Crippen molar-refractivity contribution in [3.05, 3.63) is 83.4 Å². The maximum Gasteiger partial charge on any atom is 0.419 e. The van der Waals surface area contributed by atoms with Gasteiger partial charge in [0.25, 0.3) is 0 Å². The Kier molecular flexibility index (Phi) is 5.35. The molecule has 3 aromatic carbocycles. The number of benzene rings is 3. The second-order valence-electron chi connectivity index (χ2n) is 6.94. The summed E-state index contributed by atoms with van der Waals surface area (Å²) in [5.74, 6) is -1.08. The normalized spacial score (nSPS) is 12.7. The molecule has 0 amide bonds. The predicted molar refractivity (Wildman–Crippen MR) is 113 cm³/mol. The number of primary sulfonamides is 1. The first kappa shape index (κ1) is 21.7. The molecule has 4 rings (SSSR count). The number of sulfonamides is 1. The van der Waals surface area contributed by atoms with Gasteiger partial charge < -0.3 is 4.98 Å². The first-order valence-electron chi connectivity index (χ1n) is 9.20. The molecule has 1 aromatic heterocycles. The summed E-state index contributed by atoms with van der Waals surface area (Å²) in [7, 11) is -3.94. The number of H-pyrrole nitrogens is 1. The summed E-state index contributed by atoms with van der Waals surface area (Å²) >= 11 is 0. The van der Waals surface area contributed by atoms with E-state index in [1.165, 1.54) is 24.3 Å². The summed E-state index contributed by atoms with van der Waals surface area (Å²) in [6.45, 7) is 0. The van der Waals surface area contributed by atoms with Crippen molar-refractivity contribution in [2.45, 2.75) is 11.1 Å². The fourth-order valence-electron chi connectivity index (χ4n) is 3.30. The molecule has 0 spiro atoms. The molecule has 3 N–H and O–H groups in total. The number of imidazole rings is 1. The minimum absolute atomic E-state index is 0.0287. The molecule has 5 nitrogen and oxygen atoms in total. The highest BCUT2D eigenvalue weighted by Crippen LogP contribution is 2.33. The molecule has 0 fully saturated rings. The Hall–Kier alpha value is -3.50. The number of hydrogen-bond acceptors (Lipinski definition) is 3. The lowest BCUT2D eigenvalue weighted by atomic mass is 10.1. The van der Waals surface area contributed by atoms with Crippen molar-refractivity contribution in [2.75, 3.05) is 0 Å². The number of nitrogens with one attached hydrogen (secondary N) is 1. The third-order valence-electron chi connectivity index (χ3n) is 4.76. The molecular formula is C22H15F4N3O2S. The number of aromatic amines is 1. The Balaban J connectivity index is 1.70. The fourth-order valence-corrected chi connectivity index (χ4v) is 4.06. The van der Waals surface area contributed by atoms with Crippen molar-refractivity contribution in [1.29, 1.82) is 0 Å². The Labute approximate surface area is 180 Å². The molecule has 0 atom stereocenters. The number of rotatable bonds is 4. The average molecular weight is 461 g/mol. The number of nitrogens with zero attached hydrogens (tertiary/aromatic N) is 1. The van der Waals surface area contributed by atoms with E-state index in [9.17, 15) is 26.0 Å². The Morgan fingerprint density at radius 2 is 1.72 bits per heavy atom. The summed E-state index contributed by atoms with van der Waals surface area (Å²) in [5.41, 5.74) is 0.493.